The Kier molecular flexibility index (Phi) is 2.84. The molecule has 1 aromatic heterocycles. The van der Waals surface area contributed by atoms with Crippen molar-refractivity contribution in [1.29, 1.82) is 0 Å². The quantitative estimate of drug-likeness (QED) is 0.935. The first-order valence-corrected chi connectivity index (χ1v) is 7.61. The Labute approximate surface area is 124 Å². The van der Waals surface area contributed by atoms with Crippen molar-refractivity contribution in [2.24, 2.45) is 18.9 Å². The van der Waals surface area contributed by atoms with Crippen LogP contribution in [-0.2, 0) is 7.05 Å². The van der Waals surface area contributed by atoms with E-state index in [4.69, 9.17) is 0 Å². The Balaban J connectivity index is 1.53. The number of hydrogen-bond donors (Lipinski definition) is 1. The lowest BCUT2D eigenvalue weighted by atomic mass is 10.0. The first-order chi connectivity index (χ1) is 10.2. The molecule has 2 aromatic rings. The van der Waals surface area contributed by atoms with Gasteiger partial charge in [-0.3, -0.25) is 9.48 Å². The van der Waals surface area contributed by atoms with Gasteiger partial charge in [-0.2, -0.15) is 5.10 Å². The van der Waals surface area contributed by atoms with Crippen LogP contribution in [-0.4, -0.2) is 15.7 Å². The third kappa shape index (κ3) is 2.46. The molecule has 2 aliphatic rings. The molecule has 0 bridgehead atoms. The van der Waals surface area contributed by atoms with E-state index in [0.717, 1.165) is 17.5 Å². The van der Waals surface area contributed by atoms with Gasteiger partial charge in [-0.15, -0.1) is 0 Å². The summed E-state index contributed by atoms with van der Waals surface area (Å²) < 4.78 is 1.64. The van der Waals surface area contributed by atoms with E-state index in [9.17, 15) is 4.79 Å². The Morgan fingerprint density at radius 3 is 2.86 bits per heavy atom. The lowest BCUT2D eigenvalue weighted by molar-refractivity contribution is 0.102. The first kappa shape index (κ1) is 12.6. The van der Waals surface area contributed by atoms with Crippen LogP contribution in [0.5, 0.6) is 0 Å². The number of carbonyl (C=O) groups excluding carboxylic acids is 1. The van der Waals surface area contributed by atoms with Crippen molar-refractivity contribution < 1.29 is 4.79 Å². The number of anilines is 1. The molecule has 0 radical (unpaired) electrons. The summed E-state index contributed by atoms with van der Waals surface area (Å²) in [5.41, 5.74) is 2.85. The van der Waals surface area contributed by atoms with E-state index < -0.39 is 0 Å². The second-order valence-corrected chi connectivity index (χ2v) is 6.29. The fourth-order valence-electron chi connectivity index (χ4n) is 3.28. The topological polar surface area (TPSA) is 46.9 Å². The van der Waals surface area contributed by atoms with Gasteiger partial charge in [0.1, 0.15) is 0 Å². The van der Waals surface area contributed by atoms with E-state index in [1.54, 1.807) is 17.1 Å². The molecule has 1 heterocycles. The number of para-hydroxylation sites is 1. The summed E-state index contributed by atoms with van der Waals surface area (Å²) in [5.74, 6) is 2.35. The number of aromatic nitrogens is 2. The summed E-state index contributed by atoms with van der Waals surface area (Å²) in [6.45, 7) is 0. The Hall–Kier alpha value is -2.10. The average molecular weight is 281 g/mol. The van der Waals surface area contributed by atoms with Gasteiger partial charge in [-0.25, -0.2) is 0 Å². The molecular formula is C17H19N3O. The van der Waals surface area contributed by atoms with Gasteiger partial charge in [-0.1, -0.05) is 18.2 Å². The smallest absolute Gasteiger partial charge is 0.258 e. The molecule has 2 saturated carbocycles. The molecule has 1 N–H and O–H groups in total. The fourth-order valence-corrected chi connectivity index (χ4v) is 3.28. The lowest BCUT2D eigenvalue weighted by Crippen LogP contribution is -2.12. The minimum Gasteiger partial charge on any atom is -0.322 e. The molecule has 0 spiro atoms. The van der Waals surface area contributed by atoms with E-state index in [1.165, 1.54) is 24.8 Å². The highest BCUT2D eigenvalue weighted by molar-refractivity contribution is 6.04. The van der Waals surface area contributed by atoms with Crippen molar-refractivity contribution in [2.45, 2.75) is 25.2 Å². The summed E-state index contributed by atoms with van der Waals surface area (Å²) >= 11 is 0. The van der Waals surface area contributed by atoms with E-state index >= 15 is 0 Å². The molecule has 1 amide bonds. The molecule has 0 saturated heterocycles. The number of hydrogen-bond acceptors (Lipinski definition) is 2. The molecule has 2 atom stereocenters. The predicted octanol–water partition coefficient (Wildman–Crippen LogP) is 3.19. The normalized spacial score (nSPS) is 23.9. The minimum absolute atomic E-state index is 0.0841. The van der Waals surface area contributed by atoms with Crippen LogP contribution in [0.2, 0.25) is 0 Å². The van der Waals surface area contributed by atoms with Crippen molar-refractivity contribution in [3.8, 4) is 0 Å². The highest BCUT2D eigenvalue weighted by Gasteiger charge is 2.48. The van der Waals surface area contributed by atoms with E-state index in [0.29, 0.717) is 11.5 Å². The van der Waals surface area contributed by atoms with Gasteiger partial charge in [0.25, 0.3) is 5.91 Å². The zero-order chi connectivity index (χ0) is 14.4. The van der Waals surface area contributed by atoms with Crippen LogP contribution >= 0.6 is 0 Å². The predicted molar refractivity (Wildman–Crippen MR) is 81.2 cm³/mol. The van der Waals surface area contributed by atoms with Gasteiger partial charge < -0.3 is 5.32 Å². The highest BCUT2D eigenvalue weighted by Crippen LogP contribution is 2.60. The van der Waals surface area contributed by atoms with Crippen LogP contribution in [0.25, 0.3) is 0 Å². The minimum atomic E-state index is -0.0841. The van der Waals surface area contributed by atoms with Gasteiger partial charge in [-0.05, 0) is 48.6 Å². The van der Waals surface area contributed by atoms with Crippen molar-refractivity contribution in [1.82, 2.24) is 9.78 Å². The molecule has 4 nitrogen and oxygen atoms in total. The average Bonchev–Trinajstić information content (AvgIpc) is 3.37. The summed E-state index contributed by atoms with van der Waals surface area (Å²) in [7, 11) is 1.81. The third-order valence-corrected chi connectivity index (χ3v) is 4.64. The summed E-state index contributed by atoms with van der Waals surface area (Å²) in [6.07, 6.45) is 7.41. The van der Waals surface area contributed by atoms with E-state index in [-0.39, 0.29) is 5.91 Å². The summed E-state index contributed by atoms with van der Waals surface area (Å²) in [4.78, 5) is 12.3. The Bertz CT molecular complexity index is 687. The number of nitrogens with zero attached hydrogens (tertiary/aromatic N) is 2. The molecule has 108 valence electrons. The molecule has 1 aromatic carbocycles. The van der Waals surface area contributed by atoms with Gasteiger partial charge in [0.05, 0.1) is 11.8 Å². The fraction of sp³-hybridized carbons (Fsp3) is 0.412. The van der Waals surface area contributed by atoms with Crippen molar-refractivity contribution >= 4 is 11.6 Å². The molecule has 21 heavy (non-hydrogen) atoms. The maximum atomic E-state index is 12.3. The standard InChI is InChI=1S/C17H19N3O/c1-20-10-12(9-18-20)17(21)19-16-5-3-2-4-13(16)15-8-14(15)11-6-7-11/h2-5,9-11,14-15H,6-8H2,1H3,(H,19,21). The molecule has 0 aliphatic heterocycles. The van der Waals surface area contributed by atoms with Crippen LogP contribution < -0.4 is 5.32 Å². The van der Waals surface area contributed by atoms with Crippen molar-refractivity contribution in [3.63, 3.8) is 0 Å². The van der Waals surface area contributed by atoms with Crippen LogP contribution in [0.1, 0.15) is 41.1 Å². The zero-order valence-corrected chi connectivity index (χ0v) is 12.1. The maximum Gasteiger partial charge on any atom is 0.258 e. The van der Waals surface area contributed by atoms with Crippen molar-refractivity contribution in [2.75, 3.05) is 5.32 Å². The van der Waals surface area contributed by atoms with Crippen LogP contribution in [0.4, 0.5) is 5.69 Å². The SMILES string of the molecule is Cn1cc(C(=O)Nc2ccccc2C2CC2C2CC2)cn1. The van der Waals surface area contributed by atoms with Gasteiger partial charge >= 0.3 is 0 Å². The molecule has 4 heteroatoms. The number of amides is 1. The highest BCUT2D eigenvalue weighted by atomic mass is 16.1. The molecule has 2 aliphatic carbocycles. The van der Waals surface area contributed by atoms with E-state index in [1.807, 2.05) is 19.2 Å². The van der Waals surface area contributed by atoms with Crippen LogP contribution in [0.3, 0.4) is 0 Å². The summed E-state index contributed by atoms with van der Waals surface area (Å²) in [6, 6.07) is 8.21. The number of carbonyl (C=O) groups is 1. The first-order valence-electron chi connectivity index (χ1n) is 7.61. The Morgan fingerprint density at radius 2 is 2.14 bits per heavy atom. The summed E-state index contributed by atoms with van der Waals surface area (Å²) in [5, 5.41) is 7.10. The van der Waals surface area contributed by atoms with Crippen molar-refractivity contribution in [3.05, 3.63) is 47.8 Å². The Morgan fingerprint density at radius 1 is 1.33 bits per heavy atom. The van der Waals surface area contributed by atoms with Crippen LogP contribution in [0.15, 0.2) is 36.7 Å². The lowest BCUT2D eigenvalue weighted by Gasteiger charge is -2.10. The van der Waals surface area contributed by atoms with Gasteiger partial charge in [0.15, 0.2) is 0 Å². The second-order valence-electron chi connectivity index (χ2n) is 6.29. The number of aryl methyl sites for hydroxylation is 1. The molecule has 4 rings (SSSR count). The number of benzene rings is 1. The second kappa shape index (κ2) is 4.72. The largest absolute Gasteiger partial charge is 0.322 e. The van der Waals surface area contributed by atoms with Gasteiger partial charge in [0, 0.05) is 18.9 Å². The van der Waals surface area contributed by atoms with E-state index in [2.05, 4.69) is 22.5 Å². The molecule has 2 unspecified atom stereocenters. The number of nitrogens with one attached hydrogen (secondary N) is 1. The van der Waals surface area contributed by atoms with Crippen LogP contribution in [0, 0.1) is 11.8 Å². The molecular weight excluding hydrogens is 262 g/mol. The zero-order valence-electron chi connectivity index (χ0n) is 12.1. The van der Waals surface area contributed by atoms with Gasteiger partial charge in [0.2, 0.25) is 0 Å². The monoisotopic (exact) mass is 281 g/mol. The maximum absolute atomic E-state index is 12.3. The number of rotatable bonds is 4. The molecule has 2 fully saturated rings. The third-order valence-electron chi connectivity index (χ3n) is 4.64.